The van der Waals surface area contributed by atoms with Gasteiger partial charge in [0.25, 0.3) is 5.91 Å². The number of carboxylic acids is 1. The van der Waals surface area contributed by atoms with Crippen molar-refractivity contribution in [2.75, 3.05) is 13.2 Å². The Bertz CT molecular complexity index is 479. The third-order valence-electron chi connectivity index (χ3n) is 3.31. The lowest BCUT2D eigenvalue weighted by Gasteiger charge is -2.12. The van der Waals surface area contributed by atoms with Crippen LogP contribution in [0.3, 0.4) is 0 Å². The quantitative estimate of drug-likeness (QED) is 0.721. The Morgan fingerprint density at radius 1 is 1.29 bits per heavy atom. The average molecular weight is 293 g/mol. The van der Waals surface area contributed by atoms with E-state index in [1.165, 1.54) is 0 Å². The molecule has 0 aliphatic rings. The van der Waals surface area contributed by atoms with Crippen molar-refractivity contribution < 1.29 is 19.4 Å². The van der Waals surface area contributed by atoms with Crippen LogP contribution in [0.5, 0.6) is 5.75 Å². The fourth-order valence-corrected chi connectivity index (χ4v) is 1.98. The molecule has 0 bridgehead atoms. The first-order valence-corrected chi connectivity index (χ1v) is 7.10. The van der Waals surface area contributed by atoms with E-state index in [4.69, 9.17) is 9.84 Å². The van der Waals surface area contributed by atoms with Crippen molar-refractivity contribution in [3.63, 3.8) is 0 Å². The van der Waals surface area contributed by atoms with E-state index >= 15 is 0 Å². The number of aliphatic carboxylic acids is 1. The highest BCUT2D eigenvalue weighted by atomic mass is 16.5. The SMILES string of the molecule is Cc1cccc(C)c1OCC(=O)NCCCC(C)C(=O)O. The molecule has 21 heavy (non-hydrogen) atoms. The average Bonchev–Trinajstić information content (AvgIpc) is 2.42. The molecule has 1 atom stereocenters. The maximum atomic E-state index is 11.7. The number of aryl methyl sites for hydroxylation is 2. The number of carbonyl (C=O) groups is 2. The molecule has 0 aromatic heterocycles. The van der Waals surface area contributed by atoms with Gasteiger partial charge in [0.1, 0.15) is 5.75 Å². The Labute approximate surface area is 125 Å². The first-order chi connectivity index (χ1) is 9.91. The second-order valence-electron chi connectivity index (χ2n) is 5.24. The predicted octanol–water partition coefficient (Wildman–Crippen LogP) is 2.30. The van der Waals surface area contributed by atoms with Crippen LogP contribution in [0.4, 0.5) is 0 Å². The minimum Gasteiger partial charge on any atom is -0.483 e. The normalized spacial score (nSPS) is 11.8. The van der Waals surface area contributed by atoms with Crippen molar-refractivity contribution >= 4 is 11.9 Å². The molecule has 5 nitrogen and oxygen atoms in total. The van der Waals surface area contributed by atoms with Gasteiger partial charge in [0.15, 0.2) is 6.61 Å². The number of amides is 1. The molecule has 2 N–H and O–H groups in total. The van der Waals surface area contributed by atoms with Crippen molar-refractivity contribution in [1.29, 1.82) is 0 Å². The smallest absolute Gasteiger partial charge is 0.306 e. The van der Waals surface area contributed by atoms with Crippen LogP contribution in [0, 0.1) is 19.8 Å². The van der Waals surface area contributed by atoms with Gasteiger partial charge in [-0.15, -0.1) is 0 Å². The second-order valence-corrected chi connectivity index (χ2v) is 5.24. The van der Waals surface area contributed by atoms with Gasteiger partial charge in [-0.3, -0.25) is 9.59 Å². The molecule has 1 aromatic carbocycles. The summed E-state index contributed by atoms with van der Waals surface area (Å²) in [6, 6.07) is 5.82. The van der Waals surface area contributed by atoms with Gasteiger partial charge < -0.3 is 15.2 Å². The van der Waals surface area contributed by atoms with Gasteiger partial charge in [-0.25, -0.2) is 0 Å². The number of para-hydroxylation sites is 1. The molecule has 0 fully saturated rings. The van der Waals surface area contributed by atoms with Gasteiger partial charge in [0.05, 0.1) is 5.92 Å². The number of carbonyl (C=O) groups excluding carboxylic acids is 1. The Hall–Kier alpha value is -2.04. The third kappa shape index (κ3) is 5.85. The summed E-state index contributed by atoms with van der Waals surface area (Å²) in [6.45, 7) is 5.97. The molecule has 0 saturated heterocycles. The topological polar surface area (TPSA) is 75.6 Å². The van der Waals surface area contributed by atoms with E-state index in [0.717, 1.165) is 16.9 Å². The molecule has 1 aromatic rings. The van der Waals surface area contributed by atoms with Crippen molar-refractivity contribution in [2.24, 2.45) is 5.92 Å². The van der Waals surface area contributed by atoms with E-state index in [9.17, 15) is 9.59 Å². The van der Waals surface area contributed by atoms with Gasteiger partial charge in [0.2, 0.25) is 0 Å². The summed E-state index contributed by atoms with van der Waals surface area (Å²) in [7, 11) is 0. The van der Waals surface area contributed by atoms with Crippen LogP contribution >= 0.6 is 0 Å². The zero-order valence-corrected chi connectivity index (χ0v) is 12.8. The van der Waals surface area contributed by atoms with Crippen molar-refractivity contribution in [1.82, 2.24) is 5.32 Å². The largest absolute Gasteiger partial charge is 0.483 e. The molecular weight excluding hydrogens is 270 g/mol. The molecule has 0 spiro atoms. The van der Waals surface area contributed by atoms with Crippen molar-refractivity contribution in [2.45, 2.75) is 33.6 Å². The van der Waals surface area contributed by atoms with E-state index in [1.54, 1.807) is 6.92 Å². The number of hydrogen-bond acceptors (Lipinski definition) is 3. The van der Waals surface area contributed by atoms with Crippen LogP contribution in [-0.4, -0.2) is 30.1 Å². The van der Waals surface area contributed by atoms with Crippen molar-refractivity contribution in [3.8, 4) is 5.75 Å². The minimum atomic E-state index is -0.806. The van der Waals surface area contributed by atoms with Gasteiger partial charge in [-0.2, -0.15) is 0 Å². The highest BCUT2D eigenvalue weighted by molar-refractivity contribution is 5.77. The first kappa shape index (κ1) is 17.0. The zero-order valence-electron chi connectivity index (χ0n) is 12.8. The standard InChI is InChI=1S/C16H23NO4/c1-11-6-4-7-12(2)15(11)21-10-14(18)17-9-5-8-13(3)16(19)20/h4,6-7,13H,5,8-10H2,1-3H3,(H,17,18)(H,19,20). The maximum absolute atomic E-state index is 11.7. The van der Waals surface area contributed by atoms with E-state index in [2.05, 4.69) is 5.32 Å². The summed E-state index contributed by atoms with van der Waals surface area (Å²) < 4.78 is 5.54. The molecule has 5 heteroatoms. The molecule has 0 saturated carbocycles. The number of benzene rings is 1. The van der Waals surface area contributed by atoms with Crippen LogP contribution in [-0.2, 0) is 9.59 Å². The van der Waals surface area contributed by atoms with Crippen LogP contribution in [0.1, 0.15) is 30.9 Å². The maximum Gasteiger partial charge on any atom is 0.306 e. The molecular formula is C16H23NO4. The molecule has 0 aliphatic carbocycles. The van der Waals surface area contributed by atoms with Crippen LogP contribution in [0.2, 0.25) is 0 Å². The number of ether oxygens (including phenoxy) is 1. The van der Waals surface area contributed by atoms with Gasteiger partial charge >= 0.3 is 5.97 Å². The summed E-state index contributed by atoms with van der Waals surface area (Å²) in [5.74, 6) is -0.639. The third-order valence-corrected chi connectivity index (χ3v) is 3.31. The van der Waals surface area contributed by atoms with Crippen molar-refractivity contribution in [3.05, 3.63) is 29.3 Å². The lowest BCUT2D eigenvalue weighted by molar-refractivity contribution is -0.141. The lowest BCUT2D eigenvalue weighted by Crippen LogP contribution is -2.30. The fraction of sp³-hybridized carbons (Fsp3) is 0.500. The summed E-state index contributed by atoms with van der Waals surface area (Å²) in [6.07, 6.45) is 1.19. The predicted molar refractivity (Wildman–Crippen MR) is 80.5 cm³/mol. The van der Waals surface area contributed by atoms with E-state index in [-0.39, 0.29) is 18.4 Å². The monoisotopic (exact) mass is 293 g/mol. The highest BCUT2D eigenvalue weighted by Gasteiger charge is 2.10. The van der Waals surface area contributed by atoms with E-state index in [1.807, 2.05) is 32.0 Å². The van der Waals surface area contributed by atoms with Gasteiger partial charge in [-0.1, -0.05) is 25.1 Å². The Morgan fingerprint density at radius 2 is 1.90 bits per heavy atom. The number of nitrogens with one attached hydrogen (secondary N) is 1. The summed E-state index contributed by atoms with van der Waals surface area (Å²) in [4.78, 5) is 22.3. The molecule has 116 valence electrons. The zero-order chi connectivity index (χ0) is 15.8. The molecule has 1 rings (SSSR count). The first-order valence-electron chi connectivity index (χ1n) is 7.10. The van der Waals surface area contributed by atoms with E-state index < -0.39 is 5.97 Å². The summed E-state index contributed by atoms with van der Waals surface area (Å²) in [5, 5.41) is 11.5. The second kappa shape index (κ2) is 8.29. The lowest BCUT2D eigenvalue weighted by atomic mass is 10.1. The minimum absolute atomic E-state index is 0.0276. The summed E-state index contributed by atoms with van der Waals surface area (Å²) >= 11 is 0. The Morgan fingerprint density at radius 3 is 2.48 bits per heavy atom. The molecule has 0 aliphatic heterocycles. The molecule has 0 radical (unpaired) electrons. The number of carboxylic acid groups (broad SMARTS) is 1. The van der Waals surface area contributed by atoms with Crippen LogP contribution in [0.15, 0.2) is 18.2 Å². The van der Waals surface area contributed by atoms with Gasteiger partial charge in [-0.05, 0) is 37.8 Å². The Balaban J connectivity index is 2.27. The van der Waals surface area contributed by atoms with Crippen LogP contribution < -0.4 is 10.1 Å². The highest BCUT2D eigenvalue weighted by Crippen LogP contribution is 2.21. The number of rotatable bonds is 8. The van der Waals surface area contributed by atoms with Gasteiger partial charge in [0, 0.05) is 6.54 Å². The number of hydrogen-bond donors (Lipinski definition) is 2. The molecule has 0 heterocycles. The Kier molecular flexibility index (Phi) is 6.72. The molecule has 1 unspecified atom stereocenters. The van der Waals surface area contributed by atoms with E-state index in [0.29, 0.717) is 19.4 Å². The fourth-order valence-electron chi connectivity index (χ4n) is 1.98. The van der Waals surface area contributed by atoms with Crippen LogP contribution in [0.25, 0.3) is 0 Å². The summed E-state index contributed by atoms with van der Waals surface area (Å²) in [5.41, 5.74) is 2.00. The molecule has 1 amide bonds.